The molecule has 0 aliphatic carbocycles. The molecule has 0 fully saturated rings. The molecule has 0 spiro atoms. The molecule has 0 amide bonds. The van der Waals surface area contributed by atoms with Crippen LogP contribution in [0.5, 0.6) is 0 Å². The van der Waals surface area contributed by atoms with Crippen LogP contribution in [-0.4, -0.2) is 9.79 Å². The van der Waals surface area contributed by atoms with E-state index in [0.29, 0.717) is 11.5 Å². The van der Waals surface area contributed by atoms with Gasteiger partial charge in [-0.1, -0.05) is 38.1 Å². The van der Waals surface area contributed by atoms with E-state index in [9.17, 15) is 4.57 Å². The monoisotopic (exact) mass is 242 g/mol. The Kier molecular flexibility index (Phi) is 4.31. The lowest BCUT2D eigenvalue weighted by molar-refractivity contribution is 0.361. The van der Waals surface area contributed by atoms with Crippen molar-refractivity contribution in [3.05, 3.63) is 35.4 Å². The van der Waals surface area contributed by atoms with Crippen molar-refractivity contribution in [2.45, 2.75) is 32.9 Å². The summed E-state index contributed by atoms with van der Waals surface area (Å²) in [5.41, 5.74) is 1.18. The fourth-order valence-corrected chi connectivity index (χ4v) is 2.16. The highest BCUT2D eigenvalue weighted by Crippen LogP contribution is 2.51. The fraction of sp³-hybridized carbons (Fsp3) is 0.500. The lowest BCUT2D eigenvalue weighted by Crippen LogP contribution is -1.97. The summed E-state index contributed by atoms with van der Waals surface area (Å²) in [6.45, 7) is 5.84. The summed E-state index contributed by atoms with van der Waals surface area (Å²) in [6, 6.07) is 7.51. The molecule has 16 heavy (non-hydrogen) atoms. The molecule has 0 saturated heterocycles. The highest BCUT2D eigenvalue weighted by Gasteiger charge is 2.25. The van der Waals surface area contributed by atoms with Crippen molar-refractivity contribution in [1.82, 2.24) is 0 Å². The average Bonchev–Trinajstić information content (AvgIpc) is 2.15. The molecule has 2 N–H and O–H groups in total. The van der Waals surface area contributed by atoms with Crippen LogP contribution in [0.3, 0.4) is 0 Å². The second kappa shape index (κ2) is 5.13. The molecule has 0 bridgehead atoms. The van der Waals surface area contributed by atoms with Crippen LogP contribution in [0.25, 0.3) is 0 Å². The standard InChI is InChI=1S/C12H19O3P/c1-9(2)8-11-4-6-12(7-5-11)10(3)16(13,14)15/h4-7,9-10H,8H2,1-3H3,(H2,13,14,15)/t10-/m1/s1. The molecular formula is C12H19O3P. The van der Waals surface area contributed by atoms with Crippen LogP contribution < -0.4 is 0 Å². The maximum atomic E-state index is 11.1. The third kappa shape index (κ3) is 3.75. The Balaban J connectivity index is 2.83. The molecule has 0 heterocycles. The van der Waals surface area contributed by atoms with Crippen molar-refractivity contribution >= 4 is 7.60 Å². The molecule has 90 valence electrons. The largest absolute Gasteiger partial charge is 0.332 e. The Morgan fingerprint density at radius 2 is 1.62 bits per heavy atom. The first-order chi connectivity index (χ1) is 7.30. The molecule has 0 radical (unpaired) electrons. The van der Waals surface area contributed by atoms with Gasteiger partial charge in [0.25, 0.3) is 0 Å². The van der Waals surface area contributed by atoms with E-state index >= 15 is 0 Å². The van der Waals surface area contributed by atoms with Crippen LogP contribution in [0.1, 0.15) is 37.6 Å². The molecule has 0 aliphatic heterocycles. The number of rotatable bonds is 4. The van der Waals surface area contributed by atoms with Crippen molar-refractivity contribution < 1.29 is 14.4 Å². The summed E-state index contributed by atoms with van der Waals surface area (Å²) in [4.78, 5) is 18.1. The van der Waals surface area contributed by atoms with Gasteiger partial charge in [-0.2, -0.15) is 0 Å². The van der Waals surface area contributed by atoms with Crippen molar-refractivity contribution in [2.75, 3.05) is 0 Å². The zero-order valence-corrected chi connectivity index (χ0v) is 10.8. The predicted molar refractivity (Wildman–Crippen MR) is 65.4 cm³/mol. The van der Waals surface area contributed by atoms with Crippen LogP contribution in [0.15, 0.2) is 24.3 Å². The van der Waals surface area contributed by atoms with Gasteiger partial charge in [-0.15, -0.1) is 0 Å². The Bertz CT molecular complexity index is 378. The smallest absolute Gasteiger partial charge is 0.324 e. The maximum Gasteiger partial charge on any atom is 0.332 e. The molecule has 0 aliphatic rings. The highest BCUT2D eigenvalue weighted by molar-refractivity contribution is 7.52. The van der Waals surface area contributed by atoms with Crippen LogP contribution in [0.2, 0.25) is 0 Å². The van der Waals surface area contributed by atoms with E-state index < -0.39 is 13.3 Å². The van der Waals surface area contributed by atoms with Gasteiger partial charge in [-0.25, -0.2) is 0 Å². The molecule has 4 heteroatoms. The van der Waals surface area contributed by atoms with E-state index in [2.05, 4.69) is 13.8 Å². The minimum absolute atomic E-state index is 0.588. The first kappa shape index (κ1) is 13.4. The molecule has 1 atom stereocenters. The quantitative estimate of drug-likeness (QED) is 0.797. The first-order valence-electron chi connectivity index (χ1n) is 5.44. The van der Waals surface area contributed by atoms with Gasteiger partial charge < -0.3 is 9.79 Å². The average molecular weight is 242 g/mol. The molecule has 1 aromatic rings. The number of benzene rings is 1. The molecule has 1 aromatic carbocycles. The van der Waals surface area contributed by atoms with Gasteiger partial charge in [0.1, 0.15) is 0 Å². The number of hydrogen-bond acceptors (Lipinski definition) is 1. The van der Waals surface area contributed by atoms with Crippen molar-refractivity contribution in [3.8, 4) is 0 Å². The van der Waals surface area contributed by atoms with E-state index in [0.717, 1.165) is 6.42 Å². The molecule has 1 rings (SSSR count). The summed E-state index contributed by atoms with van der Waals surface area (Å²) >= 11 is 0. The van der Waals surface area contributed by atoms with Gasteiger partial charge in [0.05, 0.1) is 5.66 Å². The Hall–Kier alpha value is -0.630. The molecule has 0 aromatic heterocycles. The third-order valence-electron chi connectivity index (χ3n) is 2.61. The van der Waals surface area contributed by atoms with E-state index in [-0.39, 0.29) is 0 Å². The zero-order chi connectivity index (χ0) is 12.3. The third-order valence-corrected chi connectivity index (χ3v) is 3.92. The normalized spacial score (nSPS) is 14.1. The summed E-state index contributed by atoms with van der Waals surface area (Å²) in [5.74, 6) is 0.588. The molecular weight excluding hydrogens is 223 g/mol. The summed E-state index contributed by atoms with van der Waals surface area (Å²) in [5, 5.41) is 0. The minimum Gasteiger partial charge on any atom is -0.324 e. The van der Waals surface area contributed by atoms with E-state index in [4.69, 9.17) is 9.79 Å². The van der Waals surface area contributed by atoms with Crippen LogP contribution in [0, 0.1) is 5.92 Å². The van der Waals surface area contributed by atoms with Crippen LogP contribution in [0.4, 0.5) is 0 Å². The topological polar surface area (TPSA) is 57.5 Å². The van der Waals surface area contributed by atoms with Crippen LogP contribution in [-0.2, 0) is 11.0 Å². The second-order valence-corrected chi connectivity index (χ2v) is 6.56. The van der Waals surface area contributed by atoms with Gasteiger partial charge in [-0.3, -0.25) is 4.57 Å². The zero-order valence-electron chi connectivity index (χ0n) is 9.92. The van der Waals surface area contributed by atoms with Crippen molar-refractivity contribution in [2.24, 2.45) is 5.92 Å². The highest BCUT2D eigenvalue weighted by atomic mass is 31.2. The summed E-state index contributed by atoms with van der Waals surface area (Å²) in [7, 11) is -4.02. The van der Waals surface area contributed by atoms with E-state index in [1.165, 1.54) is 5.56 Å². The van der Waals surface area contributed by atoms with E-state index in [1.54, 1.807) is 6.92 Å². The second-order valence-electron chi connectivity index (χ2n) is 4.60. The maximum absolute atomic E-state index is 11.1. The lowest BCUT2D eigenvalue weighted by Gasteiger charge is -2.14. The van der Waals surface area contributed by atoms with Crippen LogP contribution >= 0.6 is 7.60 Å². The Labute approximate surface area is 96.7 Å². The lowest BCUT2D eigenvalue weighted by atomic mass is 10.0. The van der Waals surface area contributed by atoms with E-state index in [1.807, 2.05) is 24.3 Å². The minimum atomic E-state index is -4.02. The van der Waals surface area contributed by atoms with Gasteiger partial charge in [0.2, 0.25) is 0 Å². The van der Waals surface area contributed by atoms with Gasteiger partial charge in [-0.05, 0) is 30.4 Å². The molecule has 0 saturated carbocycles. The predicted octanol–water partition coefficient (Wildman–Crippen LogP) is 3.12. The SMILES string of the molecule is CC(C)Cc1ccc([C@@H](C)P(=O)(O)O)cc1. The van der Waals surface area contributed by atoms with Gasteiger partial charge in [0, 0.05) is 0 Å². The fourth-order valence-electron chi connectivity index (χ4n) is 1.60. The van der Waals surface area contributed by atoms with Gasteiger partial charge >= 0.3 is 7.60 Å². The molecule has 0 unspecified atom stereocenters. The molecule has 3 nitrogen and oxygen atoms in total. The van der Waals surface area contributed by atoms with Crippen molar-refractivity contribution in [1.29, 1.82) is 0 Å². The summed E-state index contributed by atoms with van der Waals surface area (Å²) in [6.07, 6.45) is 0.991. The Morgan fingerprint density at radius 3 is 2.00 bits per heavy atom. The first-order valence-corrected chi connectivity index (χ1v) is 7.13. The Morgan fingerprint density at radius 1 is 1.12 bits per heavy atom. The van der Waals surface area contributed by atoms with Crippen molar-refractivity contribution in [3.63, 3.8) is 0 Å². The van der Waals surface area contributed by atoms with Gasteiger partial charge in [0.15, 0.2) is 0 Å². The summed E-state index contributed by atoms with van der Waals surface area (Å²) < 4.78 is 11.1. The number of hydrogen-bond donors (Lipinski definition) is 2.